The fourth-order valence-electron chi connectivity index (χ4n) is 3.57. The lowest BCUT2D eigenvalue weighted by Crippen LogP contribution is -2.53. The van der Waals surface area contributed by atoms with Crippen LogP contribution in [0.5, 0.6) is 0 Å². The lowest BCUT2D eigenvalue weighted by molar-refractivity contribution is -0.00256. The van der Waals surface area contributed by atoms with Crippen LogP contribution in [0.15, 0.2) is 4.99 Å². The molecule has 8 nitrogen and oxygen atoms in total. The summed E-state index contributed by atoms with van der Waals surface area (Å²) in [7, 11) is 5.69. The summed E-state index contributed by atoms with van der Waals surface area (Å²) in [5, 5.41) is 6.90. The maximum Gasteiger partial charge on any atom is 0.409 e. The molecule has 8 heteroatoms. The van der Waals surface area contributed by atoms with Crippen LogP contribution in [0.4, 0.5) is 4.79 Å². The van der Waals surface area contributed by atoms with Gasteiger partial charge >= 0.3 is 6.09 Å². The molecule has 0 saturated carbocycles. The van der Waals surface area contributed by atoms with Gasteiger partial charge in [-0.2, -0.15) is 0 Å². The van der Waals surface area contributed by atoms with Crippen LogP contribution in [-0.2, 0) is 9.47 Å². The number of hydrogen-bond donors (Lipinski definition) is 2. The van der Waals surface area contributed by atoms with Crippen LogP contribution in [0.1, 0.15) is 32.6 Å². The van der Waals surface area contributed by atoms with Crippen molar-refractivity contribution in [2.24, 2.45) is 4.99 Å². The van der Waals surface area contributed by atoms with Gasteiger partial charge in [0.15, 0.2) is 5.96 Å². The molecule has 0 aliphatic carbocycles. The first-order valence-corrected chi connectivity index (χ1v) is 9.63. The van der Waals surface area contributed by atoms with Crippen LogP contribution in [-0.4, -0.2) is 94.0 Å². The second kappa shape index (κ2) is 9.97. The van der Waals surface area contributed by atoms with Crippen molar-refractivity contribution in [3.8, 4) is 0 Å². The van der Waals surface area contributed by atoms with Crippen LogP contribution in [0, 0.1) is 0 Å². The largest absolute Gasteiger partial charge is 0.453 e. The minimum Gasteiger partial charge on any atom is -0.453 e. The molecular formula is C18H35N5O3. The Hall–Kier alpha value is -1.54. The summed E-state index contributed by atoms with van der Waals surface area (Å²) in [4.78, 5) is 20.5. The second-order valence-corrected chi connectivity index (χ2v) is 7.30. The number of ether oxygens (including phenoxy) is 2. The molecule has 2 N–H and O–H groups in total. The Labute approximate surface area is 157 Å². The van der Waals surface area contributed by atoms with Crippen LogP contribution in [0.2, 0.25) is 0 Å². The molecule has 26 heavy (non-hydrogen) atoms. The molecular weight excluding hydrogens is 334 g/mol. The molecule has 0 unspecified atom stereocenters. The average molecular weight is 370 g/mol. The van der Waals surface area contributed by atoms with Gasteiger partial charge in [-0.15, -0.1) is 0 Å². The highest BCUT2D eigenvalue weighted by Crippen LogP contribution is 2.26. The monoisotopic (exact) mass is 369 g/mol. The van der Waals surface area contributed by atoms with Crippen molar-refractivity contribution in [1.29, 1.82) is 0 Å². The zero-order valence-corrected chi connectivity index (χ0v) is 16.7. The Morgan fingerprint density at radius 1 is 1.31 bits per heavy atom. The summed E-state index contributed by atoms with van der Waals surface area (Å²) in [6.45, 7) is 6.66. The van der Waals surface area contributed by atoms with E-state index in [1.54, 1.807) is 4.90 Å². The van der Waals surface area contributed by atoms with E-state index in [1.165, 1.54) is 7.11 Å². The lowest BCUT2D eigenvalue weighted by atomic mass is 9.89. The molecule has 2 fully saturated rings. The van der Waals surface area contributed by atoms with Gasteiger partial charge in [-0.1, -0.05) is 0 Å². The topological polar surface area (TPSA) is 78.4 Å². The number of rotatable bonds is 5. The normalized spacial score (nSPS) is 21.6. The van der Waals surface area contributed by atoms with E-state index in [4.69, 9.17) is 14.5 Å². The number of likely N-dealkylation sites (N-methyl/N-ethyl adjacent to an activating group) is 1. The first kappa shape index (κ1) is 20.8. The molecule has 0 atom stereocenters. The number of hydrogen-bond acceptors (Lipinski definition) is 5. The van der Waals surface area contributed by atoms with Crippen LogP contribution in [0.3, 0.4) is 0 Å². The maximum absolute atomic E-state index is 11.6. The van der Waals surface area contributed by atoms with Crippen molar-refractivity contribution < 1.29 is 14.3 Å². The SMILES string of the molecule is CCNC(=NCC1(N(C)C)CCOCC1)NC1CCN(C(=O)OC)CC1. The molecule has 0 aromatic heterocycles. The third kappa shape index (κ3) is 5.48. The molecule has 2 rings (SSSR count). The summed E-state index contributed by atoms with van der Waals surface area (Å²) in [5.74, 6) is 0.858. The quantitative estimate of drug-likeness (QED) is 0.553. The van der Waals surface area contributed by atoms with Crippen molar-refractivity contribution in [3.63, 3.8) is 0 Å². The van der Waals surface area contributed by atoms with E-state index in [-0.39, 0.29) is 11.6 Å². The van der Waals surface area contributed by atoms with Crippen molar-refractivity contribution in [2.45, 2.75) is 44.2 Å². The first-order valence-electron chi connectivity index (χ1n) is 9.63. The highest BCUT2D eigenvalue weighted by Gasteiger charge is 2.34. The zero-order valence-electron chi connectivity index (χ0n) is 16.7. The van der Waals surface area contributed by atoms with Gasteiger partial charge in [0.2, 0.25) is 0 Å². The predicted molar refractivity (Wildman–Crippen MR) is 103 cm³/mol. The summed E-state index contributed by atoms with van der Waals surface area (Å²) in [5.41, 5.74) is 0.0643. The Bertz CT molecular complexity index is 469. The van der Waals surface area contributed by atoms with Gasteiger partial charge in [0, 0.05) is 44.4 Å². The standard InChI is InChI=1S/C18H35N5O3/c1-5-19-16(20-14-18(22(2)3)8-12-26-13-9-18)21-15-6-10-23(11-7-15)17(24)25-4/h15H,5-14H2,1-4H3,(H2,19,20,21). The lowest BCUT2D eigenvalue weighted by Gasteiger charge is -2.42. The number of likely N-dealkylation sites (tertiary alicyclic amines) is 1. The van der Waals surface area contributed by atoms with Crippen LogP contribution < -0.4 is 10.6 Å². The van der Waals surface area contributed by atoms with Crippen molar-refractivity contribution in [3.05, 3.63) is 0 Å². The molecule has 2 saturated heterocycles. The highest BCUT2D eigenvalue weighted by atomic mass is 16.5. The Kier molecular flexibility index (Phi) is 7.96. The van der Waals surface area contributed by atoms with Crippen molar-refractivity contribution in [1.82, 2.24) is 20.4 Å². The third-order valence-electron chi connectivity index (χ3n) is 5.52. The minimum absolute atomic E-state index is 0.0643. The fraction of sp³-hybridized carbons (Fsp3) is 0.889. The van der Waals surface area contributed by atoms with E-state index in [0.717, 1.165) is 57.9 Å². The first-order chi connectivity index (χ1) is 12.5. The smallest absolute Gasteiger partial charge is 0.409 e. The molecule has 2 heterocycles. The molecule has 0 aromatic carbocycles. The van der Waals surface area contributed by atoms with Gasteiger partial charge in [0.1, 0.15) is 0 Å². The number of methoxy groups -OCH3 is 1. The second-order valence-electron chi connectivity index (χ2n) is 7.30. The van der Waals surface area contributed by atoms with Gasteiger partial charge in [-0.25, -0.2) is 4.79 Å². The molecule has 0 bridgehead atoms. The summed E-state index contributed by atoms with van der Waals surface area (Å²) < 4.78 is 10.3. The molecule has 0 radical (unpaired) electrons. The highest BCUT2D eigenvalue weighted by molar-refractivity contribution is 5.80. The van der Waals surface area contributed by atoms with E-state index in [9.17, 15) is 4.79 Å². The Balaban J connectivity index is 1.93. The van der Waals surface area contributed by atoms with Gasteiger partial charge in [0.05, 0.1) is 13.7 Å². The number of nitrogens with zero attached hydrogens (tertiary/aromatic N) is 3. The number of guanidine groups is 1. The van der Waals surface area contributed by atoms with Crippen LogP contribution >= 0.6 is 0 Å². The Morgan fingerprint density at radius 3 is 2.50 bits per heavy atom. The molecule has 0 spiro atoms. The van der Waals surface area contributed by atoms with Crippen LogP contribution in [0.25, 0.3) is 0 Å². The van der Waals surface area contributed by atoms with Gasteiger partial charge < -0.3 is 29.9 Å². The molecule has 1 amide bonds. The number of nitrogens with one attached hydrogen (secondary N) is 2. The number of carbonyl (C=O) groups is 1. The minimum atomic E-state index is -0.239. The van der Waals surface area contributed by atoms with E-state index in [1.807, 2.05) is 0 Å². The fourth-order valence-corrected chi connectivity index (χ4v) is 3.57. The van der Waals surface area contributed by atoms with E-state index < -0.39 is 0 Å². The van der Waals surface area contributed by atoms with Crippen molar-refractivity contribution in [2.75, 3.05) is 60.6 Å². The zero-order chi connectivity index (χ0) is 19.0. The van der Waals surface area contributed by atoms with Gasteiger partial charge in [0.25, 0.3) is 0 Å². The maximum atomic E-state index is 11.6. The Morgan fingerprint density at radius 2 is 1.96 bits per heavy atom. The van der Waals surface area contributed by atoms with Crippen molar-refractivity contribution >= 4 is 12.1 Å². The van der Waals surface area contributed by atoms with Gasteiger partial charge in [-0.05, 0) is 46.7 Å². The molecule has 150 valence electrons. The third-order valence-corrected chi connectivity index (χ3v) is 5.52. The average Bonchev–Trinajstić information content (AvgIpc) is 2.67. The predicted octanol–water partition coefficient (Wildman–Crippen LogP) is 0.883. The number of carbonyl (C=O) groups excluding carboxylic acids is 1. The number of amides is 1. The van der Waals surface area contributed by atoms with E-state index >= 15 is 0 Å². The molecule has 2 aliphatic heterocycles. The van der Waals surface area contributed by atoms with Gasteiger partial charge in [-0.3, -0.25) is 4.99 Å². The molecule has 2 aliphatic rings. The van der Waals surface area contributed by atoms with E-state index in [2.05, 4.69) is 36.6 Å². The summed E-state index contributed by atoms with van der Waals surface area (Å²) >= 11 is 0. The number of piperidine rings is 1. The molecule has 0 aromatic rings. The summed E-state index contributed by atoms with van der Waals surface area (Å²) in [6.07, 6.45) is 3.55. The number of aliphatic imine (C=N–C) groups is 1. The van der Waals surface area contributed by atoms with E-state index in [0.29, 0.717) is 19.1 Å². The summed E-state index contributed by atoms with van der Waals surface area (Å²) in [6, 6.07) is 0.318.